The smallest absolute Gasteiger partial charge is 0.481 e. The Labute approximate surface area is 184 Å². The summed E-state index contributed by atoms with van der Waals surface area (Å²) in [7, 11) is 0. The average molecular weight is 444 g/mol. The molecule has 4 nitrogen and oxygen atoms in total. The Kier molecular flexibility index (Phi) is 7.08. The van der Waals surface area contributed by atoms with E-state index < -0.39 is 12.3 Å². The standard InChI is InChI=1S/C25H23F3O4/c1-16(2)17-5-10-21(11-6-17)31-23-15-20(4-3-19(23)9-14-24(29)30)18-7-12-22(13-8-18)32-25(26,27)28/h3-8,10-13,15-16H,9,14H2,1-2H3,(H,29,30). The second kappa shape index (κ2) is 9.77. The molecule has 0 aromatic heterocycles. The van der Waals surface area contributed by atoms with Crippen molar-refractivity contribution in [1.82, 2.24) is 0 Å². The SMILES string of the molecule is CC(C)c1ccc(Oc2cc(-c3ccc(OC(F)(F)F)cc3)ccc2CCC(=O)O)cc1. The lowest BCUT2D eigenvalue weighted by atomic mass is 10.0. The molecule has 0 aliphatic heterocycles. The quantitative estimate of drug-likeness (QED) is 0.400. The highest BCUT2D eigenvalue weighted by molar-refractivity contribution is 5.69. The van der Waals surface area contributed by atoms with Crippen LogP contribution in [-0.2, 0) is 11.2 Å². The minimum atomic E-state index is -4.75. The van der Waals surface area contributed by atoms with Crippen molar-refractivity contribution in [2.45, 2.75) is 39.0 Å². The number of carboxylic acid groups (broad SMARTS) is 1. The van der Waals surface area contributed by atoms with E-state index in [0.717, 1.165) is 11.1 Å². The second-order valence-corrected chi connectivity index (χ2v) is 7.61. The first kappa shape index (κ1) is 23.2. The van der Waals surface area contributed by atoms with Gasteiger partial charge in [-0.2, -0.15) is 0 Å². The molecule has 0 aliphatic carbocycles. The van der Waals surface area contributed by atoms with Crippen LogP contribution >= 0.6 is 0 Å². The molecular formula is C25H23F3O4. The van der Waals surface area contributed by atoms with Crippen molar-refractivity contribution in [1.29, 1.82) is 0 Å². The monoisotopic (exact) mass is 444 g/mol. The Bertz CT molecular complexity index is 1060. The predicted molar refractivity (Wildman–Crippen MR) is 115 cm³/mol. The molecule has 0 radical (unpaired) electrons. The van der Waals surface area contributed by atoms with Gasteiger partial charge in [0.25, 0.3) is 0 Å². The number of halogens is 3. The lowest BCUT2D eigenvalue weighted by Crippen LogP contribution is -2.16. The average Bonchev–Trinajstić information content (AvgIpc) is 2.72. The molecule has 3 aromatic carbocycles. The molecule has 7 heteroatoms. The molecule has 3 aromatic rings. The minimum absolute atomic E-state index is 0.0501. The van der Waals surface area contributed by atoms with Gasteiger partial charge < -0.3 is 14.6 Å². The minimum Gasteiger partial charge on any atom is -0.481 e. The number of rotatable bonds is 8. The van der Waals surface area contributed by atoms with Crippen LogP contribution in [0.1, 0.15) is 37.3 Å². The van der Waals surface area contributed by atoms with E-state index in [2.05, 4.69) is 18.6 Å². The Morgan fingerprint density at radius 1 is 0.906 bits per heavy atom. The molecule has 0 fully saturated rings. The van der Waals surface area contributed by atoms with Gasteiger partial charge in [-0.05, 0) is 64.9 Å². The maximum absolute atomic E-state index is 12.4. The molecule has 3 rings (SSSR count). The van der Waals surface area contributed by atoms with Gasteiger partial charge in [0.05, 0.1) is 0 Å². The van der Waals surface area contributed by atoms with E-state index in [1.165, 1.54) is 29.8 Å². The van der Waals surface area contributed by atoms with Crippen LogP contribution in [0.15, 0.2) is 66.7 Å². The first-order chi connectivity index (χ1) is 15.1. The van der Waals surface area contributed by atoms with Gasteiger partial charge in [-0.3, -0.25) is 4.79 Å². The molecule has 0 heterocycles. The van der Waals surface area contributed by atoms with Crippen LogP contribution in [0.4, 0.5) is 13.2 Å². The summed E-state index contributed by atoms with van der Waals surface area (Å²) in [6.45, 7) is 4.18. The normalized spacial score (nSPS) is 11.4. The summed E-state index contributed by atoms with van der Waals surface area (Å²) in [5.74, 6) is 0.263. The molecule has 0 unspecified atom stereocenters. The third-order valence-corrected chi connectivity index (χ3v) is 4.87. The number of alkyl halides is 3. The van der Waals surface area contributed by atoms with E-state index in [1.807, 2.05) is 24.3 Å². The zero-order chi connectivity index (χ0) is 23.3. The number of aryl methyl sites for hydroxylation is 1. The number of aliphatic carboxylic acids is 1. The molecule has 168 valence electrons. The van der Waals surface area contributed by atoms with Gasteiger partial charge >= 0.3 is 12.3 Å². The van der Waals surface area contributed by atoms with Crippen molar-refractivity contribution >= 4 is 5.97 Å². The van der Waals surface area contributed by atoms with Gasteiger partial charge in [-0.1, -0.05) is 50.2 Å². The van der Waals surface area contributed by atoms with Gasteiger partial charge in [-0.15, -0.1) is 13.2 Å². The largest absolute Gasteiger partial charge is 0.573 e. The second-order valence-electron chi connectivity index (χ2n) is 7.61. The fraction of sp³-hybridized carbons (Fsp3) is 0.240. The number of benzene rings is 3. The van der Waals surface area contributed by atoms with Gasteiger partial charge in [-0.25, -0.2) is 0 Å². The number of ether oxygens (including phenoxy) is 2. The summed E-state index contributed by atoms with van der Waals surface area (Å²) in [4.78, 5) is 11.0. The summed E-state index contributed by atoms with van der Waals surface area (Å²) in [5, 5.41) is 9.04. The summed E-state index contributed by atoms with van der Waals surface area (Å²) in [5.41, 5.74) is 3.28. The third-order valence-electron chi connectivity index (χ3n) is 4.87. The zero-order valence-electron chi connectivity index (χ0n) is 17.6. The third kappa shape index (κ3) is 6.51. The van der Waals surface area contributed by atoms with Gasteiger partial charge in [0.15, 0.2) is 0 Å². The van der Waals surface area contributed by atoms with E-state index in [4.69, 9.17) is 9.84 Å². The fourth-order valence-electron chi connectivity index (χ4n) is 3.17. The maximum atomic E-state index is 12.4. The zero-order valence-corrected chi connectivity index (χ0v) is 17.6. The van der Waals surface area contributed by atoms with Crippen molar-refractivity contribution in [3.8, 4) is 28.4 Å². The van der Waals surface area contributed by atoms with Crippen molar-refractivity contribution in [3.05, 3.63) is 77.9 Å². The number of carbonyl (C=O) groups is 1. The Morgan fingerprint density at radius 3 is 2.06 bits per heavy atom. The summed E-state index contributed by atoms with van der Waals surface area (Å²) in [6, 6.07) is 18.5. The van der Waals surface area contributed by atoms with Gasteiger partial charge in [0.2, 0.25) is 0 Å². The van der Waals surface area contributed by atoms with E-state index in [0.29, 0.717) is 23.0 Å². The van der Waals surface area contributed by atoms with Crippen molar-refractivity contribution in [3.63, 3.8) is 0 Å². The molecule has 0 saturated heterocycles. The highest BCUT2D eigenvalue weighted by Gasteiger charge is 2.31. The van der Waals surface area contributed by atoms with E-state index >= 15 is 0 Å². The van der Waals surface area contributed by atoms with E-state index in [-0.39, 0.29) is 18.6 Å². The number of hydrogen-bond acceptors (Lipinski definition) is 3. The molecule has 0 amide bonds. The van der Waals surface area contributed by atoms with Gasteiger partial charge in [0, 0.05) is 6.42 Å². The predicted octanol–water partition coefficient (Wildman–Crippen LogP) is 7.19. The Balaban J connectivity index is 1.89. The van der Waals surface area contributed by atoms with Crippen LogP contribution in [0.2, 0.25) is 0 Å². The van der Waals surface area contributed by atoms with Crippen molar-refractivity contribution in [2.24, 2.45) is 0 Å². The topological polar surface area (TPSA) is 55.8 Å². The summed E-state index contributed by atoms with van der Waals surface area (Å²) in [6.07, 6.45) is -4.52. The van der Waals surface area contributed by atoms with Crippen molar-refractivity contribution < 1.29 is 32.5 Å². The first-order valence-corrected chi connectivity index (χ1v) is 10.1. The Hall–Kier alpha value is -3.48. The molecule has 32 heavy (non-hydrogen) atoms. The maximum Gasteiger partial charge on any atom is 0.573 e. The van der Waals surface area contributed by atoms with Crippen molar-refractivity contribution in [2.75, 3.05) is 0 Å². The number of hydrogen-bond donors (Lipinski definition) is 1. The van der Waals surface area contributed by atoms with Crippen LogP contribution in [0, 0.1) is 0 Å². The van der Waals surface area contributed by atoms with E-state index in [9.17, 15) is 18.0 Å². The molecule has 1 N–H and O–H groups in total. The van der Waals surface area contributed by atoms with Crippen LogP contribution in [-0.4, -0.2) is 17.4 Å². The summed E-state index contributed by atoms with van der Waals surface area (Å²) < 4.78 is 47.1. The molecular weight excluding hydrogens is 421 g/mol. The molecule has 0 atom stereocenters. The summed E-state index contributed by atoms with van der Waals surface area (Å²) >= 11 is 0. The Morgan fingerprint density at radius 2 is 1.50 bits per heavy atom. The van der Waals surface area contributed by atoms with Gasteiger partial charge in [0.1, 0.15) is 17.2 Å². The van der Waals surface area contributed by atoms with E-state index in [1.54, 1.807) is 18.2 Å². The van der Waals surface area contributed by atoms with Crippen LogP contribution in [0.3, 0.4) is 0 Å². The lowest BCUT2D eigenvalue weighted by molar-refractivity contribution is -0.274. The fourth-order valence-corrected chi connectivity index (χ4v) is 3.17. The number of carboxylic acids is 1. The molecule has 0 spiro atoms. The highest BCUT2D eigenvalue weighted by Crippen LogP contribution is 2.33. The highest BCUT2D eigenvalue weighted by atomic mass is 19.4. The van der Waals surface area contributed by atoms with Crippen LogP contribution in [0.25, 0.3) is 11.1 Å². The lowest BCUT2D eigenvalue weighted by Gasteiger charge is -2.14. The first-order valence-electron chi connectivity index (χ1n) is 10.1. The molecule has 0 bridgehead atoms. The molecule has 0 aliphatic rings. The molecule has 0 saturated carbocycles. The van der Waals surface area contributed by atoms with Crippen LogP contribution in [0.5, 0.6) is 17.2 Å². The van der Waals surface area contributed by atoms with Crippen LogP contribution < -0.4 is 9.47 Å².